The first-order valence-corrected chi connectivity index (χ1v) is 10.00. The van der Waals surface area contributed by atoms with Crippen LogP contribution in [0.3, 0.4) is 0 Å². The number of pyridine rings is 1. The number of hydrogen-bond acceptors (Lipinski definition) is 7. The molecule has 0 fully saturated rings. The molecule has 0 unspecified atom stereocenters. The van der Waals surface area contributed by atoms with Crippen LogP contribution in [0.4, 0.5) is 5.69 Å². The molecule has 0 saturated carbocycles. The van der Waals surface area contributed by atoms with Crippen LogP contribution in [-0.4, -0.2) is 44.6 Å². The monoisotopic (exact) mass is 409 g/mol. The minimum Gasteiger partial charge on any atom is -0.486 e. The summed E-state index contributed by atoms with van der Waals surface area (Å²) in [6, 6.07) is 9.08. The molecule has 29 heavy (non-hydrogen) atoms. The van der Waals surface area contributed by atoms with E-state index in [1.165, 1.54) is 11.8 Å². The molecule has 0 saturated heterocycles. The van der Waals surface area contributed by atoms with Crippen LogP contribution in [0.1, 0.15) is 0 Å². The molecule has 1 aliphatic rings. The van der Waals surface area contributed by atoms with Crippen molar-refractivity contribution in [2.24, 2.45) is 0 Å². The van der Waals surface area contributed by atoms with E-state index in [1.807, 2.05) is 16.7 Å². The zero-order valence-corrected chi connectivity index (χ0v) is 16.4. The van der Waals surface area contributed by atoms with E-state index in [2.05, 4.69) is 27.1 Å². The molecule has 0 radical (unpaired) electrons. The number of benzene rings is 1. The van der Waals surface area contributed by atoms with Gasteiger partial charge >= 0.3 is 0 Å². The summed E-state index contributed by atoms with van der Waals surface area (Å²) in [4.78, 5) is 16.4. The van der Waals surface area contributed by atoms with E-state index in [9.17, 15) is 4.79 Å². The van der Waals surface area contributed by atoms with E-state index >= 15 is 0 Å². The van der Waals surface area contributed by atoms with Crippen molar-refractivity contribution < 1.29 is 14.3 Å². The molecule has 1 N–H and O–H groups in total. The minimum atomic E-state index is -0.148. The van der Waals surface area contributed by atoms with Crippen molar-refractivity contribution in [1.82, 2.24) is 19.7 Å². The lowest BCUT2D eigenvalue weighted by Crippen LogP contribution is -2.17. The van der Waals surface area contributed by atoms with Gasteiger partial charge in [0.15, 0.2) is 22.5 Å². The van der Waals surface area contributed by atoms with Gasteiger partial charge in [0.2, 0.25) is 5.91 Å². The van der Waals surface area contributed by atoms with Crippen molar-refractivity contribution in [2.45, 2.75) is 11.7 Å². The first-order chi connectivity index (χ1) is 14.2. The third kappa shape index (κ3) is 4.40. The van der Waals surface area contributed by atoms with Gasteiger partial charge in [-0.2, -0.15) is 0 Å². The molecule has 2 aromatic heterocycles. The molecule has 0 bridgehead atoms. The minimum absolute atomic E-state index is 0.148. The van der Waals surface area contributed by atoms with Gasteiger partial charge in [-0.1, -0.05) is 17.8 Å². The number of allylic oxidation sites excluding steroid dienone is 1. The number of carbonyl (C=O) groups is 1. The number of ether oxygens (including phenoxy) is 2. The smallest absolute Gasteiger partial charge is 0.234 e. The SMILES string of the molecule is C=CCn1c(SCC(=O)Nc2ccc3c(c2)OCCO3)nnc1-c1ccncc1. The van der Waals surface area contributed by atoms with Crippen LogP contribution in [0.2, 0.25) is 0 Å². The van der Waals surface area contributed by atoms with Gasteiger partial charge in [-0.25, -0.2) is 0 Å². The Kier molecular flexibility index (Phi) is 5.76. The zero-order chi connectivity index (χ0) is 20.1. The van der Waals surface area contributed by atoms with Crippen LogP contribution in [0.5, 0.6) is 11.5 Å². The number of anilines is 1. The molecule has 8 nitrogen and oxygen atoms in total. The second-order valence-corrected chi connectivity index (χ2v) is 7.08. The molecule has 1 amide bonds. The lowest BCUT2D eigenvalue weighted by Gasteiger charge is -2.19. The van der Waals surface area contributed by atoms with E-state index in [1.54, 1.807) is 36.7 Å². The van der Waals surface area contributed by atoms with Gasteiger partial charge in [-0.05, 0) is 24.3 Å². The van der Waals surface area contributed by atoms with Crippen molar-refractivity contribution in [2.75, 3.05) is 24.3 Å². The quantitative estimate of drug-likeness (QED) is 0.474. The highest BCUT2D eigenvalue weighted by Gasteiger charge is 2.16. The Hall–Kier alpha value is -3.33. The summed E-state index contributed by atoms with van der Waals surface area (Å²) in [6.07, 6.45) is 5.18. The van der Waals surface area contributed by atoms with Gasteiger partial charge in [0.1, 0.15) is 13.2 Å². The van der Waals surface area contributed by atoms with Crippen LogP contribution in [0.25, 0.3) is 11.4 Å². The maximum absolute atomic E-state index is 12.4. The predicted molar refractivity (Wildman–Crippen MR) is 110 cm³/mol. The summed E-state index contributed by atoms with van der Waals surface area (Å²) >= 11 is 1.32. The van der Waals surface area contributed by atoms with Crippen molar-refractivity contribution in [1.29, 1.82) is 0 Å². The summed E-state index contributed by atoms with van der Waals surface area (Å²) in [5, 5.41) is 12.0. The van der Waals surface area contributed by atoms with E-state index in [0.717, 1.165) is 5.56 Å². The van der Waals surface area contributed by atoms with Gasteiger partial charge in [-0.15, -0.1) is 16.8 Å². The fraction of sp³-hybridized carbons (Fsp3) is 0.200. The van der Waals surface area contributed by atoms with Gasteiger partial charge in [0, 0.05) is 36.3 Å². The molecule has 9 heteroatoms. The molecule has 3 aromatic rings. The summed E-state index contributed by atoms with van der Waals surface area (Å²) in [5.74, 6) is 2.08. The number of fused-ring (bicyclic) bond motifs is 1. The summed E-state index contributed by atoms with van der Waals surface area (Å²) in [5.41, 5.74) is 1.56. The number of carbonyl (C=O) groups excluding carboxylic acids is 1. The Morgan fingerprint density at radius 1 is 1.17 bits per heavy atom. The van der Waals surface area contributed by atoms with Gasteiger partial charge in [-0.3, -0.25) is 14.3 Å². The Bertz CT molecular complexity index is 1020. The fourth-order valence-corrected chi connectivity index (χ4v) is 3.60. The highest BCUT2D eigenvalue weighted by Crippen LogP contribution is 2.32. The number of thioether (sulfide) groups is 1. The van der Waals surface area contributed by atoms with Crippen molar-refractivity contribution >= 4 is 23.4 Å². The molecule has 0 spiro atoms. The third-order valence-corrected chi connectivity index (χ3v) is 5.09. The third-order valence-electron chi connectivity index (χ3n) is 4.13. The average Bonchev–Trinajstić information content (AvgIpc) is 3.16. The molecular weight excluding hydrogens is 390 g/mol. The van der Waals surface area contributed by atoms with E-state index in [-0.39, 0.29) is 11.7 Å². The molecule has 4 rings (SSSR count). The maximum atomic E-state index is 12.4. The second kappa shape index (κ2) is 8.78. The number of hydrogen-bond donors (Lipinski definition) is 1. The molecular formula is C20H19N5O3S. The van der Waals surface area contributed by atoms with Crippen LogP contribution in [0, 0.1) is 0 Å². The summed E-state index contributed by atoms with van der Waals surface area (Å²) in [6.45, 7) is 5.37. The molecule has 1 aliphatic heterocycles. The Balaban J connectivity index is 1.43. The number of rotatable bonds is 7. The van der Waals surface area contributed by atoms with Gasteiger partial charge in [0.05, 0.1) is 5.75 Å². The summed E-state index contributed by atoms with van der Waals surface area (Å²) in [7, 11) is 0. The molecule has 0 atom stereocenters. The maximum Gasteiger partial charge on any atom is 0.234 e. The Morgan fingerprint density at radius 2 is 1.97 bits per heavy atom. The van der Waals surface area contributed by atoms with Gasteiger partial charge in [0.25, 0.3) is 0 Å². The number of aromatic nitrogens is 4. The molecule has 148 valence electrons. The highest BCUT2D eigenvalue weighted by molar-refractivity contribution is 7.99. The topological polar surface area (TPSA) is 91.2 Å². The van der Waals surface area contributed by atoms with E-state index < -0.39 is 0 Å². The Morgan fingerprint density at radius 3 is 2.76 bits per heavy atom. The van der Waals surface area contributed by atoms with Gasteiger partial charge < -0.3 is 14.8 Å². The standard InChI is InChI=1S/C20H19N5O3S/c1-2-9-25-19(14-5-7-21-8-6-14)23-24-20(25)29-13-18(26)22-15-3-4-16-17(12-15)28-11-10-27-16/h2-8,12H,1,9-11,13H2,(H,22,26). The number of nitrogens with one attached hydrogen (secondary N) is 1. The molecule has 1 aromatic carbocycles. The predicted octanol–water partition coefficient (Wildman–Crippen LogP) is 3.03. The largest absolute Gasteiger partial charge is 0.486 e. The average molecular weight is 409 g/mol. The first-order valence-electron chi connectivity index (χ1n) is 9.01. The van der Waals surface area contributed by atoms with Crippen LogP contribution < -0.4 is 14.8 Å². The van der Waals surface area contributed by atoms with Crippen molar-refractivity contribution in [3.63, 3.8) is 0 Å². The number of amides is 1. The fourth-order valence-electron chi connectivity index (χ4n) is 2.85. The second-order valence-electron chi connectivity index (χ2n) is 6.14. The normalized spacial score (nSPS) is 12.4. The molecule has 3 heterocycles. The highest BCUT2D eigenvalue weighted by atomic mass is 32.2. The van der Waals surface area contributed by atoms with Crippen LogP contribution >= 0.6 is 11.8 Å². The first kappa shape index (κ1) is 19.0. The lowest BCUT2D eigenvalue weighted by atomic mass is 10.2. The van der Waals surface area contributed by atoms with Crippen molar-refractivity contribution in [3.8, 4) is 22.9 Å². The van der Waals surface area contributed by atoms with Crippen LogP contribution in [-0.2, 0) is 11.3 Å². The van der Waals surface area contributed by atoms with E-state index in [0.29, 0.717) is 47.9 Å². The Labute approximate surface area is 172 Å². The lowest BCUT2D eigenvalue weighted by molar-refractivity contribution is -0.113. The number of nitrogens with zero attached hydrogens (tertiary/aromatic N) is 4. The van der Waals surface area contributed by atoms with E-state index in [4.69, 9.17) is 9.47 Å². The van der Waals surface area contributed by atoms with Crippen molar-refractivity contribution in [3.05, 3.63) is 55.4 Å². The zero-order valence-electron chi connectivity index (χ0n) is 15.6. The van der Waals surface area contributed by atoms with Crippen LogP contribution in [0.15, 0.2) is 60.5 Å². The molecule has 0 aliphatic carbocycles. The summed E-state index contributed by atoms with van der Waals surface area (Å²) < 4.78 is 13.0.